The van der Waals surface area contributed by atoms with Crippen molar-refractivity contribution in [2.24, 2.45) is 0 Å². The standard InChI is InChI=1S/C20H20N2O/c21-15-20(22-19(23)17-11-5-2-6-12-17)14-8-7-13-18(20)16-9-3-1-4-10-16/h1-6,9-12,18H,7-8,13-14H2,(H,22,23)/t18-,20+/m1/s1. The molecule has 0 aromatic heterocycles. The number of nitriles is 1. The third kappa shape index (κ3) is 3.12. The highest BCUT2D eigenvalue weighted by Gasteiger charge is 2.43. The summed E-state index contributed by atoms with van der Waals surface area (Å²) in [5, 5.41) is 13.0. The summed E-state index contributed by atoms with van der Waals surface area (Å²) in [7, 11) is 0. The maximum Gasteiger partial charge on any atom is 0.252 e. The smallest absolute Gasteiger partial charge is 0.252 e. The summed E-state index contributed by atoms with van der Waals surface area (Å²) >= 11 is 0. The highest BCUT2D eigenvalue weighted by Crippen LogP contribution is 2.40. The van der Waals surface area contributed by atoms with Gasteiger partial charge in [0.2, 0.25) is 0 Å². The van der Waals surface area contributed by atoms with Gasteiger partial charge in [-0.25, -0.2) is 0 Å². The summed E-state index contributed by atoms with van der Waals surface area (Å²) in [6.07, 6.45) is 3.67. The SMILES string of the molecule is N#C[C@@]1(NC(=O)c2ccccc2)CCCC[C@@H]1c1ccccc1. The zero-order chi connectivity index (χ0) is 16.1. The van der Waals surface area contributed by atoms with E-state index in [1.54, 1.807) is 12.1 Å². The van der Waals surface area contributed by atoms with Crippen LogP contribution >= 0.6 is 0 Å². The van der Waals surface area contributed by atoms with Crippen LogP contribution in [-0.2, 0) is 0 Å². The van der Waals surface area contributed by atoms with Gasteiger partial charge in [-0.05, 0) is 37.0 Å². The third-order valence-electron chi connectivity index (χ3n) is 4.68. The van der Waals surface area contributed by atoms with Crippen LogP contribution in [0.1, 0.15) is 47.5 Å². The first-order valence-electron chi connectivity index (χ1n) is 8.09. The molecule has 1 saturated carbocycles. The molecule has 1 fully saturated rings. The van der Waals surface area contributed by atoms with E-state index in [1.807, 2.05) is 36.4 Å². The molecule has 23 heavy (non-hydrogen) atoms. The number of hydrogen-bond donors (Lipinski definition) is 1. The van der Waals surface area contributed by atoms with Gasteiger partial charge < -0.3 is 5.32 Å². The largest absolute Gasteiger partial charge is 0.333 e. The van der Waals surface area contributed by atoms with Crippen molar-refractivity contribution in [1.82, 2.24) is 5.32 Å². The summed E-state index contributed by atoms with van der Waals surface area (Å²) in [4.78, 5) is 12.6. The summed E-state index contributed by atoms with van der Waals surface area (Å²) in [5.41, 5.74) is 0.897. The molecule has 3 heteroatoms. The minimum absolute atomic E-state index is 0.0371. The number of amides is 1. The van der Waals surface area contributed by atoms with Crippen LogP contribution in [0.5, 0.6) is 0 Å². The van der Waals surface area contributed by atoms with E-state index in [1.165, 1.54) is 0 Å². The number of carbonyl (C=O) groups excluding carboxylic acids is 1. The minimum Gasteiger partial charge on any atom is -0.333 e. The van der Waals surface area contributed by atoms with Crippen molar-refractivity contribution in [2.45, 2.75) is 37.1 Å². The van der Waals surface area contributed by atoms with E-state index in [0.29, 0.717) is 12.0 Å². The summed E-state index contributed by atoms with van der Waals surface area (Å²) in [6.45, 7) is 0. The lowest BCUT2D eigenvalue weighted by Gasteiger charge is -2.39. The molecule has 0 bridgehead atoms. The Morgan fingerprint density at radius 3 is 2.35 bits per heavy atom. The molecule has 0 heterocycles. The quantitative estimate of drug-likeness (QED) is 0.930. The third-order valence-corrected chi connectivity index (χ3v) is 4.68. The Labute approximate surface area is 137 Å². The topological polar surface area (TPSA) is 52.9 Å². The van der Waals surface area contributed by atoms with Gasteiger partial charge in [-0.15, -0.1) is 0 Å². The molecule has 0 aliphatic heterocycles. The van der Waals surface area contributed by atoms with Crippen LogP contribution in [0.15, 0.2) is 60.7 Å². The van der Waals surface area contributed by atoms with Crippen molar-refractivity contribution < 1.29 is 4.79 Å². The highest BCUT2D eigenvalue weighted by atomic mass is 16.1. The van der Waals surface area contributed by atoms with Crippen molar-refractivity contribution >= 4 is 5.91 Å². The number of nitrogens with one attached hydrogen (secondary N) is 1. The van der Waals surface area contributed by atoms with Crippen LogP contribution < -0.4 is 5.32 Å². The van der Waals surface area contributed by atoms with Crippen LogP contribution in [0.2, 0.25) is 0 Å². The van der Waals surface area contributed by atoms with Crippen LogP contribution in [0.4, 0.5) is 0 Å². The first-order chi connectivity index (χ1) is 11.2. The van der Waals surface area contributed by atoms with Crippen molar-refractivity contribution in [2.75, 3.05) is 0 Å². The Morgan fingerprint density at radius 2 is 1.70 bits per heavy atom. The molecule has 1 aliphatic rings. The monoisotopic (exact) mass is 304 g/mol. The van der Waals surface area contributed by atoms with Crippen LogP contribution in [-0.4, -0.2) is 11.4 Å². The maximum absolute atomic E-state index is 12.6. The second kappa shape index (κ2) is 6.66. The molecular weight excluding hydrogens is 284 g/mol. The number of carbonyl (C=O) groups is 1. The Morgan fingerprint density at radius 1 is 1.04 bits per heavy atom. The Bertz CT molecular complexity index is 705. The van der Waals surface area contributed by atoms with Gasteiger partial charge in [-0.2, -0.15) is 5.26 Å². The normalized spacial score (nSPS) is 23.7. The number of benzene rings is 2. The zero-order valence-electron chi connectivity index (χ0n) is 13.0. The van der Waals surface area contributed by atoms with E-state index in [9.17, 15) is 10.1 Å². The molecule has 0 spiro atoms. The molecule has 0 radical (unpaired) electrons. The number of rotatable bonds is 3. The lowest BCUT2D eigenvalue weighted by atomic mass is 9.70. The van der Waals surface area contributed by atoms with E-state index in [2.05, 4.69) is 23.5 Å². The van der Waals surface area contributed by atoms with Crippen molar-refractivity contribution in [3.63, 3.8) is 0 Å². The van der Waals surface area contributed by atoms with Gasteiger partial charge in [0.15, 0.2) is 0 Å². The van der Waals surface area contributed by atoms with Crippen LogP contribution in [0.25, 0.3) is 0 Å². The average Bonchev–Trinajstić information content (AvgIpc) is 2.63. The zero-order valence-corrected chi connectivity index (χ0v) is 13.0. The van der Waals surface area contributed by atoms with Crippen LogP contribution in [0, 0.1) is 11.3 Å². The van der Waals surface area contributed by atoms with E-state index >= 15 is 0 Å². The minimum atomic E-state index is -0.827. The molecule has 3 nitrogen and oxygen atoms in total. The van der Waals surface area contributed by atoms with Gasteiger partial charge in [-0.3, -0.25) is 4.79 Å². The average molecular weight is 304 g/mol. The summed E-state index contributed by atoms with van der Waals surface area (Å²) < 4.78 is 0. The van der Waals surface area contributed by atoms with Crippen molar-refractivity contribution in [3.05, 3.63) is 71.8 Å². The van der Waals surface area contributed by atoms with Gasteiger partial charge in [0.25, 0.3) is 5.91 Å². The molecule has 1 aliphatic carbocycles. The molecule has 1 amide bonds. The second-order valence-corrected chi connectivity index (χ2v) is 6.11. The van der Waals surface area contributed by atoms with Crippen LogP contribution in [0.3, 0.4) is 0 Å². The molecule has 0 saturated heterocycles. The molecule has 116 valence electrons. The van der Waals surface area contributed by atoms with Crippen molar-refractivity contribution in [1.29, 1.82) is 5.26 Å². The fourth-order valence-electron chi connectivity index (χ4n) is 3.49. The molecular formula is C20H20N2O. The molecule has 2 atom stereocenters. The first kappa shape index (κ1) is 15.3. The lowest BCUT2D eigenvalue weighted by molar-refractivity contribution is 0.0889. The van der Waals surface area contributed by atoms with Gasteiger partial charge in [0, 0.05) is 11.5 Å². The highest BCUT2D eigenvalue weighted by molar-refractivity contribution is 5.95. The molecule has 1 N–H and O–H groups in total. The Balaban J connectivity index is 1.91. The van der Waals surface area contributed by atoms with Gasteiger partial charge >= 0.3 is 0 Å². The first-order valence-corrected chi connectivity index (χ1v) is 8.09. The van der Waals surface area contributed by atoms with Gasteiger partial charge in [0.05, 0.1) is 6.07 Å². The maximum atomic E-state index is 12.6. The molecule has 0 unspecified atom stereocenters. The molecule has 3 rings (SSSR count). The Kier molecular flexibility index (Phi) is 4.43. The summed E-state index contributed by atoms with van der Waals surface area (Å²) in [6, 6.07) is 21.6. The number of hydrogen-bond acceptors (Lipinski definition) is 2. The molecule has 2 aromatic rings. The predicted octanol–water partition coefficient (Wildman–Crippen LogP) is 4.04. The van der Waals surface area contributed by atoms with E-state index in [-0.39, 0.29) is 11.8 Å². The molecule has 2 aromatic carbocycles. The van der Waals surface area contributed by atoms with Gasteiger partial charge in [0.1, 0.15) is 5.54 Å². The summed E-state index contributed by atoms with van der Waals surface area (Å²) in [5.74, 6) is -0.134. The lowest BCUT2D eigenvalue weighted by Crippen LogP contribution is -2.53. The predicted molar refractivity (Wildman–Crippen MR) is 89.9 cm³/mol. The second-order valence-electron chi connectivity index (χ2n) is 6.11. The fourth-order valence-corrected chi connectivity index (χ4v) is 3.49. The Hall–Kier alpha value is -2.60. The van der Waals surface area contributed by atoms with E-state index < -0.39 is 5.54 Å². The van der Waals surface area contributed by atoms with Gasteiger partial charge in [-0.1, -0.05) is 55.0 Å². The fraction of sp³-hybridized carbons (Fsp3) is 0.300. The van der Waals surface area contributed by atoms with E-state index in [4.69, 9.17) is 0 Å². The van der Waals surface area contributed by atoms with E-state index in [0.717, 1.165) is 24.8 Å². The van der Waals surface area contributed by atoms with Crippen molar-refractivity contribution in [3.8, 4) is 6.07 Å². The number of nitrogens with zero attached hydrogens (tertiary/aromatic N) is 1.